The number of rotatable bonds is 4. The largest absolute Gasteiger partial charge is 0.323 e. The van der Waals surface area contributed by atoms with Crippen molar-refractivity contribution in [2.24, 2.45) is 0 Å². The molecule has 0 atom stereocenters. The standard InChI is InChI=1S/C23H19N3S4/c1-27-13-10-11-16-19(12-13)30-23(25-16)26-22-20(14-6-2-4-8-17(14)28-22)21-24-15-7-3-5-9-18(15)29-21/h3,5,7,9-12H,2,4,6,8H2,1H3,(H,25,26). The minimum absolute atomic E-state index is 0.962. The number of thioether (sulfide) groups is 1. The van der Waals surface area contributed by atoms with Gasteiger partial charge in [-0.15, -0.1) is 34.4 Å². The first-order chi connectivity index (χ1) is 14.8. The fourth-order valence-corrected chi connectivity index (χ4v) is 7.93. The fourth-order valence-electron chi connectivity index (χ4n) is 4.04. The van der Waals surface area contributed by atoms with Gasteiger partial charge in [0.2, 0.25) is 0 Å². The zero-order valence-corrected chi connectivity index (χ0v) is 19.7. The van der Waals surface area contributed by atoms with Gasteiger partial charge in [0.1, 0.15) is 10.0 Å². The Morgan fingerprint density at radius 2 is 1.77 bits per heavy atom. The molecule has 0 amide bonds. The van der Waals surface area contributed by atoms with Gasteiger partial charge in [0, 0.05) is 15.3 Å². The molecule has 0 unspecified atom stereocenters. The molecule has 0 bridgehead atoms. The van der Waals surface area contributed by atoms with Crippen LogP contribution in [0.3, 0.4) is 0 Å². The molecule has 1 aliphatic rings. The molecule has 3 nitrogen and oxygen atoms in total. The second kappa shape index (κ2) is 7.64. The molecule has 0 saturated heterocycles. The lowest BCUT2D eigenvalue weighted by Crippen LogP contribution is -1.99. The molecule has 6 rings (SSSR count). The maximum absolute atomic E-state index is 5.00. The number of aryl methyl sites for hydroxylation is 1. The number of benzene rings is 2. The van der Waals surface area contributed by atoms with Crippen LogP contribution >= 0.6 is 45.8 Å². The van der Waals surface area contributed by atoms with Gasteiger partial charge in [0.25, 0.3) is 0 Å². The Kier molecular flexibility index (Phi) is 4.79. The van der Waals surface area contributed by atoms with E-state index < -0.39 is 0 Å². The van der Waals surface area contributed by atoms with E-state index in [1.54, 1.807) is 34.4 Å². The van der Waals surface area contributed by atoms with Crippen LogP contribution in [0.2, 0.25) is 0 Å². The number of hydrogen-bond acceptors (Lipinski definition) is 7. The summed E-state index contributed by atoms with van der Waals surface area (Å²) in [6.07, 6.45) is 6.98. The van der Waals surface area contributed by atoms with E-state index in [4.69, 9.17) is 9.97 Å². The highest BCUT2D eigenvalue weighted by molar-refractivity contribution is 7.98. The van der Waals surface area contributed by atoms with Gasteiger partial charge in [0.15, 0.2) is 5.13 Å². The zero-order valence-electron chi connectivity index (χ0n) is 16.4. The third-order valence-electron chi connectivity index (χ3n) is 5.50. The minimum atomic E-state index is 0.962. The minimum Gasteiger partial charge on any atom is -0.323 e. The molecular formula is C23H19N3S4. The SMILES string of the molecule is CSc1ccc2nc(Nc3sc4c(c3-c3nc5ccccc5s3)CCCC4)sc2c1. The number of thiophene rings is 1. The van der Waals surface area contributed by atoms with Crippen LogP contribution < -0.4 is 5.32 Å². The van der Waals surface area contributed by atoms with Crippen molar-refractivity contribution in [1.82, 2.24) is 9.97 Å². The summed E-state index contributed by atoms with van der Waals surface area (Å²) < 4.78 is 2.48. The van der Waals surface area contributed by atoms with E-state index in [1.165, 1.54) is 54.6 Å². The number of nitrogens with zero attached hydrogens (tertiary/aromatic N) is 2. The summed E-state index contributed by atoms with van der Waals surface area (Å²) in [5, 5.41) is 6.98. The van der Waals surface area contributed by atoms with Gasteiger partial charge in [-0.25, -0.2) is 9.97 Å². The summed E-state index contributed by atoms with van der Waals surface area (Å²) in [5.74, 6) is 0. The first-order valence-electron chi connectivity index (χ1n) is 10.0. The Morgan fingerprint density at radius 3 is 2.67 bits per heavy atom. The number of nitrogens with one attached hydrogen (secondary N) is 1. The van der Waals surface area contributed by atoms with Gasteiger partial charge in [0.05, 0.1) is 20.4 Å². The topological polar surface area (TPSA) is 37.8 Å². The molecule has 7 heteroatoms. The van der Waals surface area contributed by atoms with Crippen molar-refractivity contribution in [3.63, 3.8) is 0 Å². The summed E-state index contributed by atoms with van der Waals surface area (Å²) in [7, 11) is 0. The first kappa shape index (κ1) is 18.8. The van der Waals surface area contributed by atoms with E-state index in [-0.39, 0.29) is 0 Å². The fraction of sp³-hybridized carbons (Fsp3) is 0.217. The molecule has 2 aromatic carbocycles. The highest BCUT2D eigenvalue weighted by atomic mass is 32.2. The number of para-hydroxylation sites is 1. The summed E-state index contributed by atoms with van der Waals surface area (Å²) in [6.45, 7) is 0. The normalized spacial score (nSPS) is 13.8. The molecular weight excluding hydrogens is 447 g/mol. The van der Waals surface area contributed by atoms with Crippen molar-refractivity contribution in [2.45, 2.75) is 30.6 Å². The quantitative estimate of drug-likeness (QED) is 0.273. The van der Waals surface area contributed by atoms with E-state index >= 15 is 0 Å². The van der Waals surface area contributed by atoms with Crippen LogP contribution in [0.5, 0.6) is 0 Å². The van der Waals surface area contributed by atoms with Gasteiger partial charge >= 0.3 is 0 Å². The Labute approximate surface area is 191 Å². The van der Waals surface area contributed by atoms with Crippen LogP contribution in [0.1, 0.15) is 23.3 Å². The molecule has 0 radical (unpaired) electrons. The lowest BCUT2D eigenvalue weighted by Gasteiger charge is -2.11. The molecule has 30 heavy (non-hydrogen) atoms. The summed E-state index contributed by atoms with van der Waals surface area (Å²) in [4.78, 5) is 12.6. The van der Waals surface area contributed by atoms with Crippen molar-refractivity contribution in [3.8, 4) is 10.6 Å². The summed E-state index contributed by atoms with van der Waals surface area (Å²) in [5.41, 5.74) is 4.95. The zero-order chi connectivity index (χ0) is 20.1. The Hall–Kier alpha value is -1.93. The molecule has 0 spiro atoms. The second-order valence-electron chi connectivity index (χ2n) is 7.38. The van der Waals surface area contributed by atoms with Crippen LogP contribution in [0.4, 0.5) is 10.1 Å². The lowest BCUT2D eigenvalue weighted by molar-refractivity contribution is 0.698. The van der Waals surface area contributed by atoms with Gasteiger partial charge in [-0.1, -0.05) is 23.5 Å². The monoisotopic (exact) mass is 465 g/mol. The van der Waals surface area contributed by atoms with E-state index in [0.29, 0.717) is 0 Å². The molecule has 0 aliphatic heterocycles. The van der Waals surface area contributed by atoms with Crippen LogP contribution in [0, 0.1) is 0 Å². The predicted molar refractivity (Wildman–Crippen MR) is 134 cm³/mol. The van der Waals surface area contributed by atoms with Crippen LogP contribution in [0.15, 0.2) is 47.4 Å². The molecule has 3 heterocycles. The van der Waals surface area contributed by atoms with Crippen molar-refractivity contribution < 1.29 is 0 Å². The molecule has 0 saturated carbocycles. The highest BCUT2D eigenvalue weighted by Crippen LogP contribution is 2.47. The molecule has 1 N–H and O–H groups in total. The average molecular weight is 466 g/mol. The number of aromatic nitrogens is 2. The number of fused-ring (bicyclic) bond motifs is 3. The van der Waals surface area contributed by atoms with Gasteiger partial charge < -0.3 is 5.32 Å². The van der Waals surface area contributed by atoms with Crippen molar-refractivity contribution in [1.29, 1.82) is 0 Å². The Morgan fingerprint density at radius 1 is 0.900 bits per heavy atom. The molecule has 0 fully saturated rings. The number of hydrogen-bond donors (Lipinski definition) is 1. The number of thiazole rings is 2. The van der Waals surface area contributed by atoms with Crippen LogP contribution in [-0.4, -0.2) is 16.2 Å². The van der Waals surface area contributed by atoms with Crippen molar-refractivity contribution in [3.05, 3.63) is 52.9 Å². The van der Waals surface area contributed by atoms with E-state index in [0.717, 1.165) is 27.6 Å². The average Bonchev–Trinajstić information content (AvgIpc) is 3.46. The second-order valence-corrected chi connectivity index (χ2v) is 11.4. The van der Waals surface area contributed by atoms with Crippen LogP contribution in [-0.2, 0) is 12.8 Å². The molecule has 5 aromatic rings. The van der Waals surface area contributed by atoms with Gasteiger partial charge in [-0.3, -0.25) is 0 Å². The number of anilines is 2. The van der Waals surface area contributed by atoms with Crippen LogP contribution in [0.25, 0.3) is 31.0 Å². The Balaban J connectivity index is 1.46. The van der Waals surface area contributed by atoms with E-state index in [9.17, 15) is 0 Å². The molecule has 150 valence electrons. The lowest BCUT2D eigenvalue weighted by atomic mass is 9.96. The van der Waals surface area contributed by atoms with Crippen molar-refractivity contribution >= 4 is 76.3 Å². The molecule has 1 aliphatic carbocycles. The van der Waals surface area contributed by atoms with E-state index in [2.05, 4.69) is 54.0 Å². The maximum atomic E-state index is 5.00. The van der Waals surface area contributed by atoms with E-state index in [1.807, 2.05) is 11.3 Å². The summed E-state index contributed by atoms with van der Waals surface area (Å²) in [6, 6.07) is 14.9. The predicted octanol–water partition coefficient (Wildman–Crippen LogP) is 7.98. The van der Waals surface area contributed by atoms with Gasteiger partial charge in [-0.2, -0.15) is 0 Å². The maximum Gasteiger partial charge on any atom is 0.188 e. The third-order valence-corrected chi connectivity index (χ3v) is 9.42. The Bertz CT molecular complexity index is 1350. The van der Waals surface area contributed by atoms with Gasteiger partial charge in [-0.05, 0) is 67.8 Å². The van der Waals surface area contributed by atoms with Crippen molar-refractivity contribution in [2.75, 3.05) is 11.6 Å². The smallest absolute Gasteiger partial charge is 0.188 e. The highest BCUT2D eigenvalue weighted by Gasteiger charge is 2.24. The first-order valence-corrected chi connectivity index (χ1v) is 13.7. The summed E-state index contributed by atoms with van der Waals surface area (Å²) >= 11 is 7.20. The third kappa shape index (κ3) is 3.24. The molecule has 3 aromatic heterocycles.